The highest BCUT2D eigenvalue weighted by Crippen LogP contribution is 2.26. The van der Waals surface area contributed by atoms with Gasteiger partial charge in [-0.15, -0.1) is 0 Å². The zero-order valence-electron chi connectivity index (χ0n) is 10.6. The minimum Gasteiger partial charge on any atom is -0.325 e. The first kappa shape index (κ1) is 12.3. The van der Waals surface area contributed by atoms with Gasteiger partial charge < -0.3 is 4.90 Å². The van der Waals surface area contributed by atoms with E-state index in [-0.39, 0.29) is 5.24 Å². The molecule has 1 aliphatic heterocycles. The first-order valence-corrected chi connectivity index (χ1v) is 7.34. The topological polar surface area (TPSA) is 20.3 Å². The van der Waals surface area contributed by atoms with Crippen molar-refractivity contribution in [2.24, 2.45) is 0 Å². The summed E-state index contributed by atoms with van der Waals surface area (Å²) in [6.07, 6.45) is 0. The molecular formula is C16H15NOS. The summed E-state index contributed by atoms with van der Waals surface area (Å²) in [6.45, 7) is 1.49. The lowest BCUT2D eigenvalue weighted by Gasteiger charge is -2.14. The summed E-state index contributed by atoms with van der Waals surface area (Å²) in [7, 11) is 0. The Morgan fingerprint density at radius 3 is 2.16 bits per heavy atom. The molecule has 0 spiro atoms. The normalized spacial score (nSPS) is 13.4. The van der Waals surface area contributed by atoms with Crippen molar-refractivity contribution in [3.63, 3.8) is 0 Å². The molecule has 2 aromatic carbocycles. The second kappa shape index (κ2) is 5.49. The van der Waals surface area contributed by atoms with Gasteiger partial charge in [0.05, 0.1) is 0 Å². The highest BCUT2D eigenvalue weighted by molar-refractivity contribution is 8.12. The quantitative estimate of drug-likeness (QED) is 0.819. The van der Waals surface area contributed by atoms with E-state index in [1.807, 2.05) is 35.2 Å². The van der Waals surface area contributed by atoms with Gasteiger partial charge in [0.25, 0.3) is 5.24 Å². The summed E-state index contributed by atoms with van der Waals surface area (Å²) in [5, 5.41) is 0.167. The van der Waals surface area contributed by atoms with Gasteiger partial charge in [-0.05, 0) is 16.7 Å². The zero-order valence-corrected chi connectivity index (χ0v) is 11.4. The molecule has 0 atom stereocenters. The van der Waals surface area contributed by atoms with Crippen LogP contribution in [0.1, 0.15) is 16.7 Å². The number of rotatable bonds is 2. The van der Waals surface area contributed by atoms with Gasteiger partial charge >= 0.3 is 0 Å². The van der Waals surface area contributed by atoms with Crippen molar-refractivity contribution in [3.05, 3.63) is 71.3 Å². The Morgan fingerprint density at radius 2 is 1.53 bits per heavy atom. The maximum absolute atomic E-state index is 12.2. The molecule has 0 unspecified atom stereocenters. The highest BCUT2D eigenvalue weighted by Gasteiger charge is 2.22. The Balaban J connectivity index is 1.58. The van der Waals surface area contributed by atoms with Crippen LogP contribution in [-0.2, 0) is 18.8 Å². The van der Waals surface area contributed by atoms with Gasteiger partial charge in [0.1, 0.15) is 0 Å². The number of fused-ring (bicyclic) bond motifs is 1. The van der Waals surface area contributed by atoms with Crippen LogP contribution < -0.4 is 0 Å². The number of amides is 1. The third-order valence-corrected chi connectivity index (χ3v) is 4.29. The third kappa shape index (κ3) is 2.82. The Kier molecular flexibility index (Phi) is 3.56. The number of benzene rings is 2. The van der Waals surface area contributed by atoms with Crippen LogP contribution in [0.2, 0.25) is 0 Å². The van der Waals surface area contributed by atoms with Crippen molar-refractivity contribution in [2.45, 2.75) is 18.8 Å². The number of hydrogen-bond donors (Lipinski definition) is 0. The van der Waals surface area contributed by atoms with Crippen molar-refractivity contribution in [1.29, 1.82) is 0 Å². The highest BCUT2D eigenvalue weighted by atomic mass is 32.2. The van der Waals surface area contributed by atoms with Crippen molar-refractivity contribution in [3.8, 4) is 0 Å². The summed E-state index contributed by atoms with van der Waals surface area (Å²) < 4.78 is 0. The molecule has 1 amide bonds. The van der Waals surface area contributed by atoms with E-state index in [0.29, 0.717) is 0 Å². The van der Waals surface area contributed by atoms with Crippen LogP contribution in [0.5, 0.6) is 0 Å². The molecule has 0 radical (unpaired) electrons. The largest absolute Gasteiger partial charge is 0.325 e. The van der Waals surface area contributed by atoms with Gasteiger partial charge in [0, 0.05) is 18.8 Å². The van der Waals surface area contributed by atoms with Gasteiger partial charge in [-0.25, -0.2) is 0 Å². The summed E-state index contributed by atoms with van der Waals surface area (Å²) in [6, 6.07) is 18.4. The molecule has 0 saturated carbocycles. The molecule has 0 bridgehead atoms. The molecule has 0 fully saturated rings. The molecule has 3 heteroatoms. The predicted molar refractivity (Wildman–Crippen MR) is 78.8 cm³/mol. The van der Waals surface area contributed by atoms with Crippen LogP contribution in [0.15, 0.2) is 54.6 Å². The van der Waals surface area contributed by atoms with Gasteiger partial charge in [0.15, 0.2) is 0 Å². The lowest BCUT2D eigenvalue weighted by molar-refractivity contribution is 0.224. The van der Waals surface area contributed by atoms with E-state index >= 15 is 0 Å². The van der Waals surface area contributed by atoms with Gasteiger partial charge in [-0.1, -0.05) is 66.4 Å². The van der Waals surface area contributed by atoms with Gasteiger partial charge in [0.2, 0.25) is 0 Å². The molecule has 19 heavy (non-hydrogen) atoms. The fourth-order valence-corrected chi connectivity index (χ4v) is 3.07. The molecule has 0 saturated heterocycles. The standard InChI is InChI=1S/C16H15NOS/c18-16(19-12-13-6-2-1-3-7-13)17-10-14-8-4-5-9-15(14)11-17/h1-9H,10-12H2. The molecule has 3 rings (SSSR count). The van der Waals surface area contributed by atoms with E-state index in [1.54, 1.807) is 0 Å². The first-order chi connectivity index (χ1) is 9.33. The molecule has 0 N–H and O–H groups in total. The molecule has 1 aliphatic rings. The molecule has 2 aromatic rings. The van der Waals surface area contributed by atoms with Crippen LogP contribution >= 0.6 is 11.8 Å². The van der Waals surface area contributed by atoms with Crippen molar-refractivity contribution >= 4 is 17.0 Å². The third-order valence-electron chi connectivity index (χ3n) is 3.30. The number of carbonyl (C=O) groups is 1. The Labute approximate surface area is 117 Å². The minimum absolute atomic E-state index is 0.167. The van der Waals surface area contributed by atoms with Crippen LogP contribution in [-0.4, -0.2) is 10.1 Å². The second-order valence-electron chi connectivity index (χ2n) is 4.66. The van der Waals surface area contributed by atoms with Crippen LogP contribution in [0.4, 0.5) is 4.79 Å². The molecule has 2 nitrogen and oxygen atoms in total. The summed E-state index contributed by atoms with van der Waals surface area (Å²) in [5.74, 6) is 0.743. The maximum atomic E-state index is 12.2. The van der Waals surface area contributed by atoms with Gasteiger partial charge in [-0.3, -0.25) is 4.79 Å². The van der Waals surface area contributed by atoms with Crippen molar-refractivity contribution in [1.82, 2.24) is 4.90 Å². The smallest absolute Gasteiger partial charge is 0.282 e. The minimum atomic E-state index is 0.167. The maximum Gasteiger partial charge on any atom is 0.282 e. The predicted octanol–water partition coefficient (Wildman–Crippen LogP) is 4.06. The monoisotopic (exact) mass is 269 g/mol. The van der Waals surface area contributed by atoms with Crippen LogP contribution in [0, 0.1) is 0 Å². The number of carbonyl (C=O) groups excluding carboxylic acids is 1. The average molecular weight is 269 g/mol. The molecule has 1 heterocycles. The number of thioether (sulfide) groups is 1. The van der Waals surface area contributed by atoms with Crippen molar-refractivity contribution < 1.29 is 4.79 Å². The van der Waals surface area contributed by atoms with E-state index in [1.165, 1.54) is 28.5 Å². The van der Waals surface area contributed by atoms with E-state index in [4.69, 9.17) is 0 Å². The van der Waals surface area contributed by atoms with E-state index < -0.39 is 0 Å². The summed E-state index contributed by atoms with van der Waals surface area (Å²) in [4.78, 5) is 14.1. The SMILES string of the molecule is O=C(SCc1ccccc1)N1Cc2ccccc2C1. The number of hydrogen-bond acceptors (Lipinski definition) is 2. The Hall–Kier alpha value is -1.74. The van der Waals surface area contributed by atoms with Gasteiger partial charge in [-0.2, -0.15) is 0 Å². The Bertz CT molecular complexity index is 557. The first-order valence-electron chi connectivity index (χ1n) is 6.35. The lowest BCUT2D eigenvalue weighted by Crippen LogP contribution is -2.20. The summed E-state index contributed by atoms with van der Waals surface area (Å²) >= 11 is 1.38. The molecule has 96 valence electrons. The molecule has 0 aliphatic carbocycles. The fourth-order valence-electron chi connectivity index (χ4n) is 2.27. The number of nitrogens with zero attached hydrogens (tertiary/aromatic N) is 1. The van der Waals surface area contributed by atoms with Crippen LogP contribution in [0.3, 0.4) is 0 Å². The zero-order chi connectivity index (χ0) is 13.1. The molecule has 0 aromatic heterocycles. The average Bonchev–Trinajstić information content (AvgIpc) is 2.90. The van der Waals surface area contributed by atoms with Crippen LogP contribution in [0.25, 0.3) is 0 Å². The fraction of sp³-hybridized carbons (Fsp3) is 0.188. The van der Waals surface area contributed by atoms with E-state index in [0.717, 1.165) is 18.8 Å². The van der Waals surface area contributed by atoms with E-state index in [9.17, 15) is 4.79 Å². The summed E-state index contributed by atoms with van der Waals surface area (Å²) in [5.41, 5.74) is 3.74. The van der Waals surface area contributed by atoms with Crippen molar-refractivity contribution in [2.75, 3.05) is 0 Å². The molecular weight excluding hydrogens is 254 g/mol. The Morgan fingerprint density at radius 1 is 0.947 bits per heavy atom. The second-order valence-corrected chi connectivity index (χ2v) is 5.59. The lowest BCUT2D eigenvalue weighted by atomic mass is 10.1. The van der Waals surface area contributed by atoms with E-state index in [2.05, 4.69) is 24.3 Å².